The van der Waals surface area contributed by atoms with Crippen LogP contribution in [-0.2, 0) is 4.79 Å². The number of carbonyl (C=O) groups is 1. The maximum atomic E-state index is 12.2. The minimum atomic E-state index is 0. The maximum Gasteiger partial charge on any atom is 0.225 e. The van der Waals surface area contributed by atoms with Gasteiger partial charge in [-0.3, -0.25) is 4.79 Å². The van der Waals surface area contributed by atoms with Gasteiger partial charge in [0, 0.05) is 30.5 Å². The molecule has 2 aliphatic rings. The first-order valence-corrected chi connectivity index (χ1v) is 7.10. The van der Waals surface area contributed by atoms with E-state index in [1.807, 2.05) is 11.8 Å². The molecule has 2 fully saturated rings. The smallest absolute Gasteiger partial charge is 0.225 e. The summed E-state index contributed by atoms with van der Waals surface area (Å²) in [5, 5.41) is 3.36. The van der Waals surface area contributed by atoms with Crippen LogP contribution in [0.4, 0.5) is 0 Å². The summed E-state index contributed by atoms with van der Waals surface area (Å²) in [6, 6.07) is 0. The van der Waals surface area contributed by atoms with Crippen LogP contribution in [0, 0.1) is 5.92 Å². The molecule has 0 bridgehead atoms. The topological polar surface area (TPSA) is 32.3 Å². The number of hydrogen-bond donors (Lipinski definition) is 1. The highest BCUT2D eigenvalue weighted by Crippen LogP contribution is 2.19. The largest absolute Gasteiger partial charge is 0.341 e. The monoisotopic (exact) mass is 264 g/mol. The predicted molar refractivity (Wildman–Crippen MR) is 71.4 cm³/mol. The van der Waals surface area contributed by atoms with E-state index in [2.05, 4.69) is 10.2 Å². The lowest BCUT2D eigenvalue weighted by atomic mass is 9.99. The Morgan fingerprint density at radius 3 is 2.69 bits per heavy atom. The van der Waals surface area contributed by atoms with Crippen LogP contribution in [0.25, 0.3) is 0 Å². The van der Waals surface area contributed by atoms with Crippen LogP contribution in [0.2, 0.25) is 0 Å². The highest BCUT2D eigenvalue weighted by Gasteiger charge is 2.25. The second-order valence-corrected chi connectivity index (χ2v) is 5.54. The molecule has 2 heterocycles. The van der Waals surface area contributed by atoms with Crippen molar-refractivity contribution in [1.82, 2.24) is 10.2 Å². The third kappa shape index (κ3) is 3.82. The van der Waals surface area contributed by atoms with E-state index < -0.39 is 0 Å². The van der Waals surface area contributed by atoms with Crippen molar-refractivity contribution in [3.8, 4) is 0 Å². The fourth-order valence-corrected chi connectivity index (χ4v) is 3.21. The van der Waals surface area contributed by atoms with E-state index in [0.29, 0.717) is 11.8 Å². The first kappa shape index (κ1) is 14.1. The minimum absolute atomic E-state index is 0. The molecule has 94 valence electrons. The predicted octanol–water partition coefficient (Wildman–Crippen LogP) is 1.37. The average Bonchev–Trinajstić information content (AvgIpc) is 2.58. The van der Waals surface area contributed by atoms with Gasteiger partial charge in [-0.25, -0.2) is 0 Å². The van der Waals surface area contributed by atoms with Crippen molar-refractivity contribution < 1.29 is 4.79 Å². The van der Waals surface area contributed by atoms with Crippen molar-refractivity contribution in [3.63, 3.8) is 0 Å². The van der Waals surface area contributed by atoms with Gasteiger partial charge in [-0.1, -0.05) is 0 Å². The normalized spacial score (nSPS) is 26.8. The number of nitrogens with zero attached hydrogens (tertiary/aromatic N) is 1. The van der Waals surface area contributed by atoms with E-state index in [0.717, 1.165) is 56.9 Å². The summed E-state index contributed by atoms with van der Waals surface area (Å²) < 4.78 is 0. The molecule has 0 aromatic carbocycles. The van der Waals surface area contributed by atoms with Crippen LogP contribution in [0.5, 0.6) is 0 Å². The summed E-state index contributed by atoms with van der Waals surface area (Å²) in [5.74, 6) is 2.95. The molecule has 5 heteroatoms. The summed E-state index contributed by atoms with van der Waals surface area (Å²) in [7, 11) is 0. The number of thioether (sulfide) groups is 1. The standard InChI is InChI=1S/C11H20N2OS.ClH/c14-11(13-6-8-15-9-7-13)10-2-1-4-12-5-3-10;/h10,12H,1-9H2;1H. The highest BCUT2D eigenvalue weighted by atomic mass is 35.5. The van der Waals surface area contributed by atoms with Crippen molar-refractivity contribution >= 4 is 30.1 Å². The van der Waals surface area contributed by atoms with Crippen LogP contribution < -0.4 is 5.32 Å². The Kier molecular flexibility index (Phi) is 6.54. The number of rotatable bonds is 1. The van der Waals surface area contributed by atoms with E-state index in [4.69, 9.17) is 0 Å². The molecule has 16 heavy (non-hydrogen) atoms. The summed E-state index contributed by atoms with van der Waals surface area (Å²) in [6.07, 6.45) is 3.26. The summed E-state index contributed by atoms with van der Waals surface area (Å²) in [5.41, 5.74) is 0. The van der Waals surface area contributed by atoms with Crippen molar-refractivity contribution in [3.05, 3.63) is 0 Å². The molecule has 1 N–H and O–H groups in total. The first-order chi connectivity index (χ1) is 7.38. The summed E-state index contributed by atoms with van der Waals surface area (Å²) in [4.78, 5) is 14.3. The zero-order valence-corrected chi connectivity index (χ0v) is 11.2. The van der Waals surface area contributed by atoms with Crippen LogP contribution in [-0.4, -0.2) is 48.5 Å². The van der Waals surface area contributed by atoms with Crippen LogP contribution >= 0.6 is 24.2 Å². The highest BCUT2D eigenvalue weighted by molar-refractivity contribution is 7.99. The van der Waals surface area contributed by atoms with Gasteiger partial charge < -0.3 is 10.2 Å². The number of halogens is 1. The summed E-state index contributed by atoms with van der Waals surface area (Å²) in [6.45, 7) is 4.03. The molecule has 1 amide bonds. The van der Waals surface area contributed by atoms with Gasteiger partial charge in [0.2, 0.25) is 5.91 Å². The van der Waals surface area contributed by atoms with Crippen LogP contribution in [0.1, 0.15) is 19.3 Å². The van der Waals surface area contributed by atoms with Gasteiger partial charge in [-0.05, 0) is 32.4 Å². The third-order valence-corrected chi connectivity index (χ3v) is 4.19. The second-order valence-electron chi connectivity index (χ2n) is 4.32. The van der Waals surface area contributed by atoms with Crippen LogP contribution in [0.15, 0.2) is 0 Å². The quantitative estimate of drug-likeness (QED) is 0.777. The molecule has 0 saturated carbocycles. The Hall–Kier alpha value is 0.0700. The lowest BCUT2D eigenvalue weighted by molar-refractivity contribution is -0.135. The molecule has 2 aliphatic heterocycles. The SMILES string of the molecule is Cl.O=C(C1CCCNCC1)N1CCSCC1. The first-order valence-electron chi connectivity index (χ1n) is 5.95. The Morgan fingerprint density at radius 1 is 1.19 bits per heavy atom. The lowest BCUT2D eigenvalue weighted by Crippen LogP contribution is -2.41. The molecule has 0 radical (unpaired) electrons. The zero-order chi connectivity index (χ0) is 10.5. The van der Waals surface area contributed by atoms with E-state index in [1.54, 1.807) is 0 Å². The van der Waals surface area contributed by atoms with E-state index >= 15 is 0 Å². The molecule has 2 saturated heterocycles. The molecule has 1 atom stereocenters. The zero-order valence-electron chi connectivity index (χ0n) is 9.61. The molecule has 0 spiro atoms. The van der Waals surface area contributed by atoms with E-state index in [1.165, 1.54) is 0 Å². The Morgan fingerprint density at radius 2 is 1.94 bits per heavy atom. The number of hydrogen-bond acceptors (Lipinski definition) is 3. The maximum absolute atomic E-state index is 12.2. The molecule has 0 aliphatic carbocycles. The average molecular weight is 265 g/mol. The number of carbonyl (C=O) groups excluding carboxylic acids is 1. The van der Waals surface area contributed by atoms with E-state index in [9.17, 15) is 4.79 Å². The number of nitrogens with one attached hydrogen (secondary N) is 1. The van der Waals surface area contributed by atoms with Gasteiger partial charge in [-0.2, -0.15) is 11.8 Å². The molecular formula is C11H21ClN2OS. The molecule has 0 aromatic rings. The fourth-order valence-electron chi connectivity index (χ4n) is 2.31. The Labute approximate surface area is 108 Å². The molecule has 0 aromatic heterocycles. The van der Waals surface area contributed by atoms with Crippen molar-refractivity contribution in [2.45, 2.75) is 19.3 Å². The lowest BCUT2D eigenvalue weighted by Gasteiger charge is -2.29. The van der Waals surface area contributed by atoms with Gasteiger partial charge in [0.05, 0.1) is 0 Å². The summed E-state index contributed by atoms with van der Waals surface area (Å²) >= 11 is 1.96. The van der Waals surface area contributed by atoms with Gasteiger partial charge in [0.25, 0.3) is 0 Å². The molecular weight excluding hydrogens is 244 g/mol. The van der Waals surface area contributed by atoms with Gasteiger partial charge in [0.1, 0.15) is 0 Å². The molecule has 1 unspecified atom stereocenters. The van der Waals surface area contributed by atoms with Gasteiger partial charge >= 0.3 is 0 Å². The van der Waals surface area contributed by atoms with Gasteiger partial charge in [0.15, 0.2) is 0 Å². The Balaban J connectivity index is 0.00000128. The van der Waals surface area contributed by atoms with Crippen LogP contribution in [0.3, 0.4) is 0 Å². The molecule has 3 nitrogen and oxygen atoms in total. The fraction of sp³-hybridized carbons (Fsp3) is 0.909. The van der Waals surface area contributed by atoms with E-state index in [-0.39, 0.29) is 12.4 Å². The molecule has 2 rings (SSSR count). The minimum Gasteiger partial charge on any atom is -0.341 e. The van der Waals surface area contributed by atoms with Crippen molar-refractivity contribution in [2.24, 2.45) is 5.92 Å². The third-order valence-electron chi connectivity index (χ3n) is 3.25. The second kappa shape index (κ2) is 7.41. The van der Waals surface area contributed by atoms with Crippen molar-refractivity contribution in [2.75, 3.05) is 37.7 Å². The Bertz CT molecular complexity index is 214. The van der Waals surface area contributed by atoms with Gasteiger partial charge in [-0.15, -0.1) is 12.4 Å². The van der Waals surface area contributed by atoms with Crippen molar-refractivity contribution in [1.29, 1.82) is 0 Å². The number of amides is 1.